The maximum atomic E-state index is 11.3. The van der Waals surface area contributed by atoms with Crippen molar-refractivity contribution in [3.8, 4) is 0 Å². The average molecular weight is 466 g/mol. The molecule has 8 nitrogen and oxygen atoms in total. The lowest BCUT2D eigenvalue weighted by atomic mass is 10.0. The first-order chi connectivity index (χ1) is 14.8. The molecule has 2 fully saturated rings. The van der Waals surface area contributed by atoms with E-state index in [1.54, 1.807) is 6.07 Å². The van der Waals surface area contributed by atoms with Crippen LogP contribution in [0.3, 0.4) is 0 Å². The van der Waals surface area contributed by atoms with E-state index in [0.29, 0.717) is 15.6 Å². The van der Waals surface area contributed by atoms with E-state index in [4.69, 9.17) is 25.8 Å². The molecule has 2 aliphatic heterocycles. The number of thiophene rings is 1. The minimum absolute atomic E-state index is 0.0337. The number of halogens is 1. The largest absolute Gasteiger partial charge is 0.396 e. The van der Waals surface area contributed by atoms with Gasteiger partial charge in [0, 0.05) is 23.1 Å². The standard InChI is InChI=1S/C21H24ClN3O5S/c1-10-12-4-6-25(19(12)24-9-23-10)20-17-16(29-21(2,3)30-17)15(28-20)14(27)18-11(5-7-26)8-13(22)31-18/h4,6,8-9,14-17,20,26-27H,5,7H2,1-3H3/t14-,15-,16-,17-,20-/m1/s1. The summed E-state index contributed by atoms with van der Waals surface area (Å²) in [6, 6.07) is 3.73. The van der Waals surface area contributed by atoms with E-state index in [-0.39, 0.29) is 6.61 Å². The van der Waals surface area contributed by atoms with Gasteiger partial charge >= 0.3 is 0 Å². The molecule has 3 aromatic heterocycles. The first-order valence-electron chi connectivity index (χ1n) is 10.2. The van der Waals surface area contributed by atoms with Crippen molar-refractivity contribution in [2.45, 2.75) is 63.6 Å². The van der Waals surface area contributed by atoms with Crippen LogP contribution in [-0.4, -0.2) is 55.5 Å². The maximum Gasteiger partial charge on any atom is 0.164 e. The summed E-state index contributed by atoms with van der Waals surface area (Å²) in [4.78, 5) is 9.37. The van der Waals surface area contributed by atoms with Crippen LogP contribution in [-0.2, 0) is 20.6 Å². The summed E-state index contributed by atoms with van der Waals surface area (Å²) in [6.45, 7) is 5.60. The summed E-state index contributed by atoms with van der Waals surface area (Å²) in [5.74, 6) is -0.815. The van der Waals surface area contributed by atoms with Gasteiger partial charge in [-0.15, -0.1) is 11.3 Å². The second-order valence-corrected chi connectivity index (χ2v) is 10.0. The highest BCUT2D eigenvalue weighted by molar-refractivity contribution is 7.16. The van der Waals surface area contributed by atoms with E-state index >= 15 is 0 Å². The molecule has 5 heterocycles. The molecule has 0 aromatic carbocycles. The van der Waals surface area contributed by atoms with Gasteiger partial charge in [-0.05, 0) is 44.9 Å². The third-order valence-corrected chi connectivity index (χ3v) is 7.20. The van der Waals surface area contributed by atoms with Gasteiger partial charge < -0.3 is 29.0 Å². The molecule has 31 heavy (non-hydrogen) atoms. The number of aromatic nitrogens is 3. The fourth-order valence-electron chi connectivity index (χ4n) is 4.51. The zero-order valence-corrected chi connectivity index (χ0v) is 18.9. The van der Waals surface area contributed by atoms with Gasteiger partial charge in [0.2, 0.25) is 0 Å². The number of rotatable bonds is 5. The Morgan fingerprint density at radius 3 is 2.84 bits per heavy atom. The first-order valence-corrected chi connectivity index (χ1v) is 11.3. The molecule has 5 rings (SSSR count). The number of fused-ring (bicyclic) bond motifs is 2. The maximum absolute atomic E-state index is 11.3. The van der Waals surface area contributed by atoms with Crippen LogP contribution in [0.5, 0.6) is 0 Å². The van der Waals surface area contributed by atoms with Gasteiger partial charge in [-0.1, -0.05) is 11.6 Å². The molecule has 0 radical (unpaired) electrons. The zero-order chi connectivity index (χ0) is 21.9. The molecule has 166 valence electrons. The van der Waals surface area contributed by atoms with Crippen molar-refractivity contribution in [2.24, 2.45) is 0 Å². The molecule has 0 unspecified atom stereocenters. The number of aliphatic hydroxyl groups is 2. The molecule has 2 saturated heterocycles. The highest BCUT2D eigenvalue weighted by Crippen LogP contribution is 2.48. The minimum atomic E-state index is -0.979. The summed E-state index contributed by atoms with van der Waals surface area (Å²) < 4.78 is 21.2. The second-order valence-electron chi connectivity index (χ2n) is 8.33. The number of hydrogen-bond acceptors (Lipinski definition) is 8. The van der Waals surface area contributed by atoms with Crippen LogP contribution in [0.15, 0.2) is 24.7 Å². The Balaban J connectivity index is 1.53. The average Bonchev–Trinajstić information content (AvgIpc) is 3.44. The Bertz CT molecular complexity index is 1120. The van der Waals surface area contributed by atoms with Crippen LogP contribution in [0.1, 0.15) is 42.3 Å². The van der Waals surface area contributed by atoms with Crippen molar-refractivity contribution in [3.05, 3.63) is 45.1 Å². The molecule has 0 amide bonds. The number of ether oxygens (including phenoxy) is 3. The summed E-state index contributed by atoms with van der Waals surface area (Å²) in [7, 11) is 0. The van der Waals surface area contributed by atoms with E-state index in [1.165, 1.54) is 17.7 Å². The van der Waals surface area contributed by atoms with Gasteiger partial charge in [0.25, 0.3) is 0 Å². The minimum Gasteiger partial charge on any atom is -0.396 e. The molecule has 0 bridgehead atoms. The first kappa shape index (κ1) is 21.3. The predicted molar refractivity (Wildman–Crippen MR) is 115 cm³/mol. The highest BCUT2D eigenvalue weighted by atomic mass is 35.5. The molecule has 2 aliphatic rings. The molecule has 10 heteroatoms. The molecule has 5 atom stereocenters. The number of aliphatic hydroxyl groups excluding tert-OH is 2. The summed E-state index contributed by atoms with van der Waals surface area (Å²) >= 11 is 7.50. The van der Waals surface area contributed by atoms with Gasteiger partial charge in [0.1, 0.15) is 36.4 Å². The van der Waals surface area contributed by atoms with Crippen molar-refractivity contribution in [3.63, 3.8) is 0 Å². The molecule has 2 N–H and O–H groups in total. The van der Waals surface area contributed by atoms with E-state index < -0.39 is 36.4 Å². The molecular formula is C21H24ClN3O5S. The molecule has 0 aliphatic carbocycles. The number of aryl methyl sites for hydroxylation is 1. The van der Waals surface area contributed by atoms with Crippen LogP contribution in [0, 0.1) is 6.92 Å². The smallest absolute Gasteiger partial charge is 0.164 e. The second kappa shape index (κ2) is 7.77. The van der Waals surface area contributed by atoms with E-state index in [2.05, 4.69) is 9.97 Å². The number of nitrogens with zero attached hydrogens (tertiary/aromatic N) is 3. The van der Waals surface area contributed by atoms with Crippen molar-refractivity contribution in [2.75, 3.05) is 6.61 Å². The monoisotopic (exact) mass is 465 g/mol. The van der Waals surface area contributed by atoms with Crippen molar-refractivity contribution in [1.82, 2.24) is 14.5 Å². The van der Waals surface area contributed by atoms with Crippen LogP contribution < -0.4 is 0 Å². The Kier molecular flexibility index (Phi) is 5.33. The van der Waals surface area contributed by atoms with E-state index in [9.17, 15) is 10.2 Å². The Labute approximate surface area is 188 Å². The van der Waals surface area contributed by atoms with E-state index in [1.807, 2.05) is 37.6 Å². The Morgan fingerprint density at radius 1 is 1.29 bits per heavy atom. The van der Waals surface area contributed by atoms with Gasteiger partial charge in [-0.25, -0.2) is 9.97 Å². The Morgan fingerprint density at radius 2 is 2.06 bits per heavy atom. The third-order valence-electron chi connectivity index (χ3n) is 5.82. The lowest BCUT2D eigenvalue weighted by Crippen LogP contribution is -2.34. The van der Waals surface area contributed by atoms with Gasteiger partial charge in [0.05, 0.1) is 10.0 Å². The molecular weight excluding hydrogens is 442 g/mol. The predicted octanol–water partition coefficient (Wildman–Crippen LogP) is 3.14. The van der Waals surface area contributed by atoms with E-state index in [0.717, 1.165) is 22.3 Å². The van der Waals surface area contributed by atoms with Crippen LogP contribution in [0.4, 0.5) is 0 Å². The quantitative estimate of drug-likeness (QED) is 0.597. The third kappa shape index (κ3) is 3.58. The van der Waals surface area contributed by atoms with Crippen LogP contribution >= 0.6 is 22.9 Å². The topological polar surface area (TPSA) is 98.9 Å². The van der Waals surface area contributed by atoms with Gasteiger partial charge in [-0.3, -0.25) is 0 Å². The molecule has 0 saturated carbocycles. The lowest BCUT2D eigenvalue weighted by Gasteiger charge is -2.27. The Hall–Kier alpha value is -1.59. The summed E-state index contributed by atoms with van der Waals surface area (Å²) in [6.07, 6.45) is 0.720. The highest BCUT2D eigenvalue weighted by Gasteiger charge is 2.58. The van der Waals surface area contributed by atoms with Crippen molar-refractivity contribution in [1.29, 1.82) is 0 Å². The summed E-state index contributed by atoms with van der Waals surface area (Å²) in [5.41, 5.74) is 2.42. The van der Waals surface area contributed by atoms with Gasteiger partial charge in [-0.2, -0.15) is 0 Å². The zero-order valence-electron chi connectivity index (χ0n) is 17.4. The normalized spacial score (nSPS) is 28.3. The van der Waals surface area contributed by atoms with Crippen LogP contribution in [0.25, 0.3) is 11.0 Å². The molecule has 3 aromatic rings. The fraction of sp³-hybridized carbons (Fsp3) is 0.524. The van der Waals surface area contributed by atoms with Crippen LogP contribution in [0.2, 0.25) is 4.34 Å². The lowest BCUT2D eigenvalue weighted by molar-refractivity contribution is -0.207. The van der Waals surface area contributed by atoms with Gasteiger partial charge in [0.15, 0.2) is 12.0 Å². The fourth-order valence-corrected chi connectivity index (χ4v) is 5.85. The summed E-state index contributed by atoms with van der Waals surface area (Å²) in [5, 5.41) is 21.6. The van der Waals surface area contributed by atoms with Crippen molar-refractivity contribution < 1.29 is 24.4 Å². The van der Waals surface area contributed by atoms with Crippen molar-refractivity contribution >= 4 is 34.0 Å². The number of hydrogen-bond donors (Lipinski definition) is 2. The molecule has 0 spiro atoms. The SMILES string of the molecule is Cc1ncnc2c1ccn2[C@@H]1O[C@H]([C@@H](O)c2sc(Cl)cc2CCO)[C@H]2OC(C)(C)O[C@H]21.